The molecule has 4 nitrogen and oxygen atoms in total. The highest BCUT2D eigenvalue weighted by Crippen LogP contribution is 2.23. The smallest absolute Gasteiger partial charge is 0.219 e. The lowest BCUT2D eigenvalue weighted by molar-refractivity contribution is 0.462. The molecule has 3 rings (SSSR count). The fraction of sp³-hybridized carbons (Fsp3) is 0.0667. The summed E-state index contributed by atoms with van der Waals surface area (Å²) in [5.74, 6) is 0.676. The molecule has 0 atom stereocenters. The van der Waals surface area contributed by atoms with Gasteiger partial charge in [0, 0.05) is 11.8 Å². The summed E-state index contributed by atoms with van der Waals surface area (Å²) in [6.45, 7) is 1.93. The van der Waals surface area contributed by atoms with E-state index in [1.807, 2.05) is 25.1 Å². The minimum Gasteiger partial charge on any atom is -0.439 e. The van der Waals surface area contributed by atoms with Crippen LogP contribution in [0.5, 0.6) is 11.6 Å². The van der Waals surface area contributed by atoms with E-state index in [0.717, 1.165) is 11.4 Å². The second-order valence-corrected chi connectivity index (χ2v) is 4.35. The Balaban J connectivity index is 1.86. The zero-order chi connectivity index (χ0) is 13.9. The maximum absolute atomic E-state index is 12.8. The number of rotatable bonds is 3. The van der Waals surface area contributed by atoms with Crippen molar-refractivity contribution in [2.45, 2.75) is 6.92 Å². The average molecular weight is 269 g/mol. The van der Waals surface area contributed by atoms with Gasteiger partial charge in [-0.25, -0.2) is 9.37 Å². The quantitative estimate of drug-likeness (QED) is 0.788. The maximum Gasteiger partial charge on any atom is 0.219 e. The first-order chi connectivity index (χ1) is 9.70. The van der Waals surface area contributed by atoms with Crippen molar-refractivity contribution >= 4 is 0 Å². The highest BCUT2D eigenvalue weighted by Gasteiger charge is 2.06. The summed E-state index contributed by atoms with van der Waals surface area (Å²) in [6.07, 6.45) is 0. The van der Waals surface area contributed by atoms with Crippen LogP contribution in [-0.2, 0) is 0 Å². The van der Waals surface area contributed by atoms with E-state index in [0.29, 0.717) is 17.3 Å². The van der Waals surface area contributed by atoms with Crippen molar-refractivity contribution in [2.75, 3.05) is 0 Å². The van der Waals surface area contributed by atoms with Crippen molar-refractivity contribution in [3.8, 4) is 23.0 Å². The van der Waals surface area contributed by atoms with Gasteiger partial charge in [-0.15, -0.1) is 0 Å². The van der Waals surface area contributed by atoms with Crippen LogP contribution in [0, 0.1) is 12.7 Å². The molecule has 0 radical (unpaired) electrons. The first-order valence-electron chi connectivity index (χ1n) is 6.13. The predicted octanol–water partition coefficient (Wildman–Crippen LogP) is 3.71. The summed E-state index contributed by atoms with van der Waals surface area (Å²) >= 11 is 0. The summed E-state index contributed by atoms with van der Waals surface area (Å²) in [7, 11) is 0. The Morgan fingerprint density at radius 3 is 2.55 bits per heavy atom. The van der Waals surface area contributed by atoms with Gasteiger partial charge in [-0.2, -0.15) is 5.10 Å². The van der Waals surface area contributed by atoms with Crippen LogP contribution in [-0.4, -0.2) is 15.2 Å². The van der Waals surface area contributed by atoms with Crippen molar-refractivity contribution in [3.63, 3.8) is 0 Å². The third-order valence-electron chi connectivity index (χ3n) is 2.73. The summed E-state index contributed by atoms with van der Waals surface area (Å²) in [5.41, 5.74) is 2.44. The van der Waals surface area contributed by atoms with Gasteiger partial charge in [0.05, 0.1) is 5.69 Å². The van der Waals surface area contributed by atoms with E-state index in [4.69, 9.17) is 4.74 Å². The lowest BCUT2D eigenvalue weighted by Crippen LogP contribution is -1.90. The Morgan fingerprint density at radius 1 is 1.05 bits per heavy atom. The molecular formula is C15H12FN3O. The number of pyridine rings is 1. The molecule has 0 fully saturated rings. The second kappa shape index (κ2) is 5.13. The van der Waals surface area contributed by atoms with Gasteiger partial charge >= 0.3 is 0 Å². The van der Waals surface area contributed by atoms with Gasteiger partial charge < -0.3 is 4.74 Å². The van der Waals surface area contributed by atoms with Crippen molar-refractivity contribution in [1.29, 1.82) is 0 Å². The average Bonchev–Trinajstić information content (AvgIpc) is 2.89. The molecule has 0 unspecified atom stereocenters. The van der Waals surface area contributed by atoms with Gasteiger partial charge in [-0.3, -0.25) is 5.10 Å². The molecule has 3 aromatic rings. The number of aromatic amines is 1. The molecule has 0 amide bonds. The van der Waals surface area contributed by atoms with Gasteiger partial charge in [0.2, 0.25) is 5.88 Å². The SMILES string of the molecule is Cc1cc(-c2cccc(Oc3ccc(F)cc3)n2)n[nH]1. The lowest BCUT2D eigenvalue weighted by atomic mass is 10.2. The van der Waals surface area contributed by atoms with E-state index in [9.17, 15) is 4.39 Å². The molecule has 0 saturated heterocycles. The number of hydrogen-bond donors (Lipinski definition) is 1. The second-order valence-electron chi connectivity index (χ2n) is 4.35. The first-order valence-corrected chi connectivity index (χ1v) is 6.13. The lowest BCUT2D eigenvalue weighted by Gasteiger charge is -2.05. The molecule has 0 aliphatic rings. The van der Waals surface area contributed by atoms with Crippen molar-refractivity contribution in [1.82, 2.24) is 15.2 Å². The first kappa shape index (κ1) is 12.3. The number of nitrogens with zero attached hydrogens (tertiary/aromatic N) is 2. The number of aryl methyl sites for hydroxylation is 1. The largest absolute Gasteiger partial charge is 0.439 e. The number of hydrogen-bond acceptors (Lipinski definition) is 3. The molecule has 0 aliphatic heterocycles. The molecule has 100 valence electrons. The van der Waals surface area contributed by atoms with Gasteiger partial charge in [0.1, 0.15) is 17.3 Å². The van der Waals surface area contributed by atoms with E-state index < -0.39 is 0 Å². The summed E-state index contributed by atoms with van der Waals surface area (Å²) in [4.78, 5) is 4.38. The van der Waals surface area contributed by atoms with Crippen LogP contribution in [0.1, 0.15) is 5.69 Å². The number of H-pyrrole nitrogens is 1. The minimum atomic E-state index is -0.300. The van der Waals surface area contributed by atoms with E-state index in [1.54, 1.807) is 18.2 Å². The Hall–Kier alpha value is -2.69. The van der Waals surface area contributed by atoms with Crippen LogP contribution < -0.4 is 4.74 Å². The molecular weight excluding hydrogens is 257 g/mol. The van der Waals surface area contributed by atoms with E-state index in [1.165, 1.54) is 12.1 Å². The zero-order valence-corrected chi connectivity index (χ0v) is 10.8. The highest BCUT2D eigenvalue weighted by atomic mass is 19.1. The fourth-order valence-electron chi connectivity index (χ4n) is 1.79. The van der Waals surface area contributed by atoms with Crippen molar-refractivity contribution < 1.29 is 9.13 Å². The summed E-state index contributed by atoms with van der Waals surface area (Å²) in [6, 6.07) is 13.1. The summed E-state index contributed by atoms with van der Waals surface area (Å²) in [5, 5.41) is 7.02. The van der Waals surface area contributed by atoms with Crippen molar-refractivity contribution in [3.05, 3.63) is 60.0 Å². The van der Waals surface area contributed by atoms with E-state index in [2.05, 4.69) is 15.2 Å². The third-order valence-corrected chi connectivity index (χ3v) is 2.73. The fourth-order valence-corrected chi connectivity index (χ4v) is 1.79. The van der Waals surface area contributed by atoms with Crippen LogP contribution in [0.4, 0.5) is 4.39 Å². The number of nitrogens with one attached hydrogen (secondary N) is 1. The Morgan fingerprint density at radius 2 is 1.85 bits per heavy atom. The number of halogens is 1. The van der Waals surface area contributed by atoms with E-state index in [-0.39, 0.29) is 5.82 Å². The maximum atomic E-state index is 12.8. The molecule has 2 heterocycles. The number of benzene rings is 1. The minimum absolute atomic E-state index is 0.300. The Bertz CT molecular complexity index is 722. The molecule has 0 spiro atoms. The van der Waals surface area contributed by atoms with Crippen LogP contribution in [0.3, 0.4) is 0 Å². The standard InChI is InChI=1S/C15H12FN3O/c1-10-9-14(19-18-10)13-3-2-4-15(17-13)20-12-7-5-11(16)6-8-12/h2-9H,1H3,(H,18,19). The Labute approximate surface area is 115 Å². The molecule has 1 aromatic carbocycles. The molecule has 20 heavy (non-hydrogen) atoms. The summed E-state index contributed by atoms with van der Waals surface area (Å²) < 4.78 is 18.4. The van der Waals surface area contributed by atoms with Crippen LogP contribution in [0.15, 0.2) is 48.5 Å². The molecule has 0 bridgehead atoms. The monoisotopic (exact) mass is 269 g/mol. The van der Waals surface area contributed by atoms with Crippen molar-refractivity contribution in [2.24, 2.45) is 0 Å². The molecule has 5 heteroatoms. The molecule has 0 saturated carbocycles. The zero-order valence-electron chi connectivity index (χ0n) is 10.8. The number of ether oxygens (including phenoxy) is 1. The van der Waals surface area contributed by atoms with Crippen LogP contribution >= 0.6 is 0 Å². The Kier molecular flexibility index (Phi) is 3.16. The third kappa shape index (κ3) is 2.66. The molecule has 1 N–H and O–H groups in total. The van der Waals surface area contributed by atoms with E-state index >= 15 is 0 Å². The molecule has 2 aromatic heterocycles. The van der Waals surface area contributed by atoms with Gasteiger partial charge in [0.15, 0.2) is 0 Å². The van der Waals surface area contributed by atoms with Gasteiger partial charge in [-0.1, -0.05) is 6.07 Å². The predicted molar refractivity (Wildman–Crippen MR) is 73.0 cm³/mol. The topological polar surface area (TPSA) is 50.8 Å². The van der Waals surface area contributed by atoms with Crippen LogP contribution in [0.25, 0.3) is 11.4 Å². The number of aromatic nitrogens is 3. The van der Waals surface area contributed by atoms with Crippen LogP contribution in [0.2, 0.25) is 0 Å². The molecule has 0 aliphatic carbocycles. The highest BCUT2D eigenvalue weighted by molar-refractivity contribution is 5.54. The van der Waals surface area contributed by atoms with Gasteiger partial charge in [0.25, 0.3) is 0 Å². The van der Waals surface area contributed by atoms with Gasteiger partial charge in [-0.05, 0) is 43.3 Å². The normalized spacial score (nSPS) is 10.5.